The fraction of sp³-hybridized carbons (Fsp3) is 0.154. The molecule has 1 aromatic heterocycles. The number of pyridine rings is 1. The van der Waals surface area contributed by atoms with Gasteiger partial charge in [-0.25, -0.2) is 8.42 Å². The molecule has 1 aromatic carbocycles. The van der Waals surface area contributed by atoms with Crippen LogP contribution in [0.15, 0.2) is 40.0 Å². The Bertz CT molecular complexity index is 737. The van der Waals surface area contributed by atoms with Crippen LogP contribution in [0.2, 0.25) is 0 Å². The van der Waals surface area contributed by atoms with Crippen LogP contribution < -0.4 is 10.5 Å². The zero-order valence-electron chi connectivity index (χ0n) is 11.0. The Hall–Kier alpha value is -1.60. The van der Waals surface area contributed by atoms with Crippen molar-refractivity contribution in [2.45, 2.75) is 18.7 Å². The minimum Gasteiger partial charge on any atom is -0.398 e. The van der Waals surface area contributed by atoms with Crippen molar-refractivity contribution >= 4 is 37.3 Å². The van der Waals surface area contributed by atoms with Crippen molar-refractivity contribution in [2.75, 3.05) is 10.5 Å². The van der Waals surface area contributed by atoms with Gasteiger partial charge >= 0.3 is 0 Å². The molecule has 7 heteroatoms. The predicted octanol–water partition coefficient (Wildman–Crippen LogP) is 2.84. The van der Waals surface area contributed by atoms with Gasteiger partial charge in [0.05, 0.1) is 11.4 Å². The lowest BCUT2D eigenvalue weighted by atomic mass is 10.1. The van der Waals surface area contributed by atoms with E-state index >= 15 is 0 Å². The molecule has 2 aromatic rings. The Kier molecular flexibility index (Phi) is 4.01. The highest BCUT2D eigenvalue weighted by Crippen LogP contribution is 2.28. The molecule has 2 rings (SSSR count). The summed E-state index contributed by atoms with van der Waals surface area (Å²) in [6.07, 6.45) is 2.69. The standard InChI is InChI=1S/C13H14BrN3O2S/c1-8-5-10(14)6-9(2)13(8)17-20(18,19)12-7-16-4-3-11(12)15/h3-7,17H,1-2H3,(H2,15,16). The topological polar surface area (TPSA) is 85.1 Å². The van der Waals surface area contributed by atoms with Crippen molar-refractivity contribution < 1.29 is 8.42 Å². The summed E-state index contributed by atoms with van der Waals surface area (Å²) in [6, 6.07) is 5.14. The number of anilines is 2. The summed E-state index contributed by atoms with van der Waals surface area (Å²) in [5.41, 5.74) is 8.06. The number of sulfonamides is 1. The van der Waals surface area contributed by atoms with E-state index in [0.717, 1.165) is 15.6 Å². The normalized spacial score (nSPS) is 11.3. The summed E-state index contributed by atoms with van der Waals surface area (Å²) in [5, 5.41) is 0. The third-order valence-corrected chi connectivity index (χ3v) is 4.69. The molecule has 0 fully saturated rings. The monoisotopic (exact) mass is 355 g/mol. The number of hydrogen-bond acceptors (Lipinski definition) is 4. The number of nitrogen functional groups attached to an aromatic ring is 1. The molecular weight excluding hydrogens is 342 g/mol. The molecule has 1 heterocycles. The smallest absolute Gasteiger partial charge is 0.265 e. The van der Waals surface area contributed by atoms with Gasteiger partial charge in [-0.15, -0.1) is 0 Å². The van der Waals surface area contributed by atoms with E-state index in [1.807, 2.05) is 26.0 Å². The number of hydrogen-bond donors (Lipinski definition) is 2. The number of rotatable bonds is 3. The second-order valence-electron chi connectivity index (χ2n) is 4.43. The lowest BCUT2D eigenvalue weighted by Gasteiger charge is -2.14. The first-order chi connectivity index (χ1) is 9.31. The number of nitrogens with one attached hydrogen (secondary N) is 1. The average Bonchev–Trinajstić information content (AvgIpc) is 2.34. The van der Waals surface area contributed by atoms with E-state index in [0.29, 0.717) is 5.69 Å². The number of aromatic nitrogens is 1. The molecule has 0 bridgehead atoms. The molecule has 3 N–H and O–H groups in total. The molecule has 0 radical (unpaired) electrons. The van der Waals surface area contributed by atoms with E-state index in [1.54, 1.807) is 0 Å². The largest absolute Gasteiger partial charge is 0.398 e. The molecule has 0 aliphatic carbocycles. The highest BCUT2D eigenvalue weighted by molar-refractivity contribution is 9.10. The molecule has 0 aliphatic rings. The van der Waals surface area contributed by atoms with E-state index in [2.05, 4.69) is 25.6 Å². The summed E-state index contributed by atoms with van der Waals surface area (Å²) in [5.74, 6) is 0. The van der Waals surface area contributed by atoms with Crippen molar-refractivity contribution in [1.82, 2.24) is 4.98 Å². The second-order valence-corrected chi connectivity index (χ2v) is 7.00. The van der Waals surface area contributed by atoms with Gasteiger partial charge in [0.25, 0.3) is 10.0 Å². The maximum atomic E-state index is 12.4. The maximum Gasteiger partial charge on any atom is 0.265 e. The number of aryl methyl sites for hydroxylation is 2. The molecule has 0 aliphatic heterocycles. The maximum absolute atomic E-state index is 12.4. The Morgan fingerprint density at radius 2 is 1.85 bits per heavy atom. The number of nitrogens with two attached hydrogens (primary N) is 1. The molecule has 0 saturated heterocycles. The Balaban J connectivity index is 2.47. The van der Waals surface area contributed by atoms with Crippen LogP contribution in [-0.2, 0) is 10.0 Å². The summed E-state index contributed by atoms with van der Waals surface area (Å²) >= 11 is 3.38. The Labute approximate surface area is 126 Å². The van der Waals surface area contributed by atoms with Gasteiger partial charge in [-0.1, -0.05) is 15.9 Å². The van der Waals surface area contributed by atoms with E-state index in [9.17, 15) is 8.42 Å². The predicted molar refractivity (Wildman–Crippen MR) is 83.1 cm³/mol. The molecule has 106 valence electrons. The van der Waals surface area contributed by atoms with Gasteiger partial charge in [-0.05, 0) is 43.2 Å². The van der Waals surface area contributed by atoms with Gasteiger partial charge in [-0.3, -0.25) is 9.71 Å². The van der Waals surface area contributed by atoms with Crippen molar-refractivity contribution in [3.63, 3.8) is 0 Å². The van der Waals surface area contributed by atoms with Gasteiger partial charge in [0.15, 0.2) is 0 Å². The molecule has 0 amide bonds. The summed E-state index contributed by atoms with van der Waals surface area (Å²) in [4.78, 5) is 3.78. The van der Waals surface area contributed by atoms with Crippen LogP contribution in [0.3, 0.4) is 0 Å². The van der Waals surface area contributed by atoms with Gasteiger partial charge < -0.3 is 5.73 Å². The minimum atomic E-state index is -3.75. The molecule has 0 atom stereocenters. The van der Waals surface area contributed by atoms with Gasteiger partial charge in [-0.2, -0.15) is 0 Å². The number of nitrogens with zero attached hydrogens (tertiary/aromatic N) is 1. The van der Waals surface area contributed by atoms with Crippen LogP contribution in [-0.4, -0.2) is 13.4 Å². The van der Waals surface area contributed by atoms with E-state index in [1.165, 1.54) is 18.5 Å². The minimum absolute atomic E-state index is 0.0262. The molecule has 5 nitrogen and oxygen atoms in total. The van der Waals surface area contributed by atoms with Crippen LogP contribution in [0.4, 0.5) is 11.4 Å². The Morgan fingerprint density at radius 3 is 2.40 bits per heavy atom. The van der Waals surface area contributed by atoms with Crippen LogP contribution in [0.5, 0.6) is 0 Å². The fourth-order valence-electron chi connectivity index (χ4n) is 1.88. The van der Waals surface area contributed by atoms with Crippen molar-refractivity contribution in [1.29, 1.82) is 0 Å². The van der Waals surface area contributed by atoms with Crippen molar-refractivity contribution in [2.24, 2.45) is 0 Å². The fourth-order valence-corrected chi connectivity index (χ4v) is 3.84. The van der Waals surface area contributed by atoms with Crippen LogP contribution >= 0.6 is 15.9 Å². The summed E-state index contributed by atoms with van der Waals surface area (Å²) < 4.78 is 28.2. The summed E-state index contributed by atoms with van der Waals surface area (Å²) in [7, 11) is -3.75. The number of halogens is 1. The first kappa shape index (κ1) is 14.8. The molecule has 20 heavy (non-hydrogen) atoms. The lowest BCUT2D eigenvalue weighted by molar-refractivity contribution is 0.601. The highest BCUT2D eigenvalue weighted by Gasteiger charge is 2.19. The summed E-state index contributed by atoms with van der Waals surface area (Å²) in [6.45, 7) is 3.67. The Morgan fingerprint density at radius 1 is 1.25 bits per heavy atom. The highest BCUT2D eigenvalue weighted by atomic mass is 79.9. The van der Waals surface area contributed by atoms with Gasteiger partial charge in [0.1, 0.15) is 4.90 Å². The second kappa shape index (κ2) is 5.41. The third-order valence-electron chi connectivity index (χ3n) is 2.84. The van der Waals surface area contributed by atoms with Crippen molar-refractivity contribution in [3.05, 3.63) is 46.2 Å². The van der Waals surface area contributed by atoms with E-state index < -0.39 is 10.0 Å². The van der Waals surface area contributed by atoms with Gasteiger partial charge in [0, 0.05) is 16.9 Å². The van der Waals surface area contributed by atoms with Gasteiger partial charge in [0.2, 0.25) is 0 Å². The number of benzene rings is 1. The van der Waals surface area contributed by atoms with E-state index in [4.69, 9.17) is 5.73 Å². The lowest BCUT2D eigenvalue weighted by Crippen LogP contribution is -2.16. The molecule has 0 saturated carbocycles. The molecular formula is C13H14BrN3O2S. The van der Waals surface area contributed by atoms with E-state index in [-0.39, 0.29) is 10.6 Å². The van der Waals surface area contributed by atoms with Crippen molar-refractivity contribution in [3.8, 4) is 0 Å². The first-order valence-corrected chi connectivity index (χ1v) is 8.08. The third kappa shape index (κ3) is 2.94. The average molecular weight is 356 g/mol. The zero-order chi connectivity index (χ0) is 14.9. The van der Waals surface area contributed by atoms with Crippen LogP contribution in [0.25, 0.3) is 0 Å². The SMILES string of the molecule is Cc1cc(Br)cc(C)c1NS(=O)(=O)c1cnccc1N. The zero-order valence-corrected chi connectivity index (χ0v) is 13.4. The first-order valence-electron chi connectivity index (χ1n) is 5.80. The molecule has 0 unspecified atom stereocenters. The molecule has 0 spiro atoms. The van der Waals surface area contributed by atoms with Crippen LogP contribution in [0, 0.1) is 13.8 Å². The quantitative estimate of drug-likeness (QED) is 0.886. The van der Waals surface area contributed by atoms with Crippen LogP contribution in [0.1, 0.15) is 11.1 Å².